The van der Waals surface area contributed by atoms with Gasteiger partial charge in [0.15, 0.2) is 0 Å². The molecule has 0 aliphatic carbocycles. The normalized spacial score (nSPS) is 24.4. The summed E-state index contributed by atoms with van der Waals surface area (Å²) in [7, 11) is 0. The highest BCUT2D eigenvalue weighted by Gasteiger charge is 2.26. The molecule has 0 spiro atoms. The van der Waals surface area contributed by atoms with Crippen LogP contribution in [0.15, 0.2) is 0 Å². The molecule has 2 fully saturated rings. The van der Waals surface area contributed by atoms with Gasteiger partial charge in [-0.05, 0) is 43.9 Å². The molecule has 0 N–H and O–H groups in total. The summed E-state index contributed by atoms with van der Waals surface area (Å²) in [4.78, 5) is 5.27. The molecule has 3 nitrogen and oxygen atoms in total. The highest BCUT2D eigenvalue weighted by atomic mass is 16.5. The fourth-order valence-electron chi connectivity index (χ4n) is 4.27. The Morgan fingerprint density at radius 1 is 0.826 bits per heavy atom. The van der Waals surface area contributed by atoms with Crippen molar-refractivity contribution in [2.75, 3.05) is 39.3 Å². The van der Waals surface area contributed by atoms with Crippen molar-refractivity contribution in [3.8, 4) is 0 Å². The lowest BCUT2D eigenvalue weighted by Crippen LogP contribution is -2.43. The summed E-state index contributed by atoms with van der Waals surface area (Å²) in [6.45, 7) is 16.8. The fourth-order valence-corrected chi connectivity index (χ4v) is 4.27. The van der Waals surface area contributed by atoms with Gasteiger partial charge < -0.3 is 14.5 Å². The van der Waals surface area contributed by atoms with Gasteiger partial charge in [-0.1, -0.05) is 34.1 Å². The van der Waals surface area contributed by atoms with E-state index in [2.05, 4.69) is 37.5 Å². The van der Waals surface area contributed by atoms with E-state index < -0.39 is 0 Å². The van der Waals surface area contributed by atoms with Gasteiger partial charge in [0.05, 0.1) is 12.2 Å². The molecule has 1 unspecified atom stereocenters. The zero-order valence-electron chi connectivity index (χ0n) is 16.1. The maximum atomic E-state index is 6.43. The van der Waals surface area contributed by atoms with Gasteiger partial charge >= 0.3 is 0 Å². The lowest BCUT2D eigenvalue weighted by molar-refractivity contribution is -0.0665. The first kappa shape index (κ1) is 19.2. The lowest BCUT2D eigenvalue weighted by atomic mass is 10.0. The van der Waals surface area contributed by atoms with E-state index in [0.717, 1.165) is 11.8 Å². The second-order valence-electron chi connectivity index (χ2n) is 8.42. The van der Waals surface area contributed by atoms with E-state index in [1.54, 1.807) is 0 Å². The molecule has 136 valence electrons. The van der Waals surface area contributed by atoms with Crippen molar-refractivity contribution in [2.45, 2.75) is 78.4 Å². The molecule has 0 aromatic rings. The molecular formula is C20H40N2O. The van der Waals surface area contributed by atoms with E-state index >= 15 is 0 Å². The van der Waals surface area contributed by atoms with E-state index in [0.29, 0.717) is 12.2 Å². The zero-order chi connectivity index (χ0) is 16.7. The van der Waals surface area contributed by atoms with Gasteiger partial charge in [0.25, 0.3) is 0 Å². The Bertz CT molecular complexity index is 305. The van der Waals surface area contributed by atoms with E-state index in [1.165, 1.54) is 77.8 Å². The highest BCUT2D eigenvalue weighted by molar-refractivity contribution is 4.78. The Morgan fingerprint density at radius 2 is 1.30 bits per heavy atom. The van der Waals surface area contributed by atoms with Crippen LogP contribution in [0.5, 0.6) is 0 Å². The summed E-state index contributed by atoms with van der Waals surface area (Å²) in [5.41, 5.74) is 0. The predicted octanol–water partition coefficient (Wildman–Crippen LogP) is 4.02. The molecule has 3 heteroatoms. The number of nitrogens with zero attached hydrogens (tertiary/aromatic N) is 2. The summed E-state index contributed by atoms with van der Waals surface area (Å²) in [5, 5.41) is 0. The number of ether oxygens (including phenoxy) is 1. The van der Waals surface area contributed by atoms with E-state index in [1.807, 2.05) is 0 Å². The van der Waals surface area contributed by atoms with Gasteiger partial charge in [-0.2, -0.15) is 0 Å². The Hall–Kier alpha value is -0.120. The van der Waals surface area contributed by atoms with Gasteiger partial charge in [-0.15, -0.1) is 0 Å². The molecule has 0 aromatic carbocycles. The van der Waals surface area contributed by atoms with Crippen LogP contribution >= 0.6 is 0 Å². The first-order valence-electron chi connectivity index (χ1n) is 10.2. The number of rotatable bonds is 8. The van der Waals surface area contributed by atoms with Gasteiger partial charge in [0, 0.05) is 39.3 Å². The second-order valence-corrected chi connectivity index (χ2v) is 8.42. The van der Waals surface area contributed by atoms with E-state index in [4.69, 9.17) is 4.74 Å². The first-order chi connectivity index (χ1) is 11.1. The van der Waals surface area contributed by atoms with Crippen LogP contribution in [-0.2, 0) is 4.74 Å². The predicted molar refractivity (Wildman–Crippen MR) is 98.9 cm³/mol. The summed E-state index contributed by atoms with van der Waals surface area (Å²) >= 11 is 0. The van der Waals surface area contributed by atoms with Crippen LogP contribution in [0.25, 0.3) is 0 Å². The molecule has 1 atom stereocenters. The van der Waals surface area contributed by atoms with Crippen LogP contribution in [0.4, 0.5) is 0 Å². The van der Waals surface area contributed by atoms with Gasteiger partial charge in [0.1, 0.15) is 0 Å². The number of piperidine rings is 2. The highest BCUT2D eigenvalue weighted by Crippen LogP contribution is 2.22. The van der Waals surface area contributed by atoms with Crippen LogP contribution < -0.4 is 0 Å². The number of likely N-dealkylation sites (tertiary alicyclic amines) is 2. The molecule has 2 heterocycles. The van der Waals surface area contributed by atoms with Gasteiger partial charge in [0.2, 0.25) is 0 Å². The summed E-state index contributed by atoms with van der Waals surface area (Å²) in [6, 6.07) is 0. The van der Waals surface area contributed by atoms with E-state index in [-0.39, 0.29) is 0 Å². The minimum atomic E-state index is 0.522. The average molecular weight is 325 g/mol. The van der Waals surface area contributed by atoms with Gasteiger partial charge in [-0.3, -0.25) is 0 Å². The molecule has 23 heavy (non-hydrogen) atoms. The molecule has 2 aliphatic heterocycles. The Morgan fingerprint density at radius 3 is 1.74 bits per heavy atom. The molecular weight excluding hydrogens is 284 g/mol. The standard InChI is InChI=1S/C20H40N2O/c1-5-6-18(4)16-22-13-9-20(10-14-22)23-19-7-11-21(12-8-19)15-17(2)3/h17-20H,5-16H2,1-4H3. The minimum absolute atomic E-state index is 0.522. The topological polar surface area (TPSA) is 15.7 Å². The summed E-state index contributed by atoms with van der Waals surface area (Å²) < 4.78 is 6.43. The molecule has 2 aliphatic rings. The maximum Gasteiger partial charge on any atom is 0.0603 e. The average Bonchev–Trinajstić information content (AvgIpc) is 2.51. The second kappa shape index (κ2) is 10.0. The largest absolute Gasteiger partial charge is 0.375 e. The number of hydrogen-bond donors (Lipinski definition) is 0. The van der Waals surface area contributed by atoms with Crippen molar-refractivity contribution in [3.05, 3.63) is 0 Å². The lowest BCUT2D eigenvalue weighted by Gasteiger charge is -2.38. The SMILES string of the molecule is CCCC(C)CN1CCC(OC2CCN(CC(C)C)CC2)CC1. The third kappa shape index (κ3) is 7.11. The zero-order valence-corrected chi connectivity index (χ0v) is 16.1. The van der Waals surface area contributed by atoms with Crippen molar-refractivity contribution >= 4 is 0 Å². The molecule has 0 saturated carbocycles. The van der Waals surface area contributed by atoms with Crippen LogP contribution in [0.1, 0.15) is 66.2 Å². The molecule has 0 amide bonds. The van der Waals surface area contributed by atoms with Crippen LogP contribution in [0.2, 0.25) is 0 Å². The Balaban J connectivity index is 1.60. The van der Waals surface area contributed by atoms with E-state index in [9.17, 15) is 0 Å². The number of hydrogen-bond acceptors (Lipinski definition) is 3. The van der Waals surface area contributed by atoms with Crippen molar-refractivity contribution in [2.24, 2.45) is 11.8 Å². The smallest absolute Gasteiger partial charge is 0.0603 e. The van der Waals surface area contributed by atoms with Crippen molar-refractivity contribution in [3.63, 3.8) is 0 Å². The Kier molecular flexibility index (Phi) is 8.35. The summed E-state index contributed by atoms with van der Waals surface area (Å²) in [6.07, 6.45) is 8.68. The molecule has 2 rings (SSSR count). The first-order valence-corrected chi connectivity index (χ1v) is 10.2. The molecule has 0 aromatic heterocycles. The Labute approximate surface area is 144 Å². The van der Waals surface area contributed by atoms with Crippen molar-refractivity contribution < 1.29 is 4.74 Å². The van der Waals surface area contributed by atoms with Gasteiger partial charge in [-0.25, -0.2) is 0 Å². The third-order valence-corrected chi connectivity index (χ3v) is 5.43. The van der Waals surface area contributed by atoms with Crippen molar-refractivity contribution in [1.82, 2.24) is 9.80 Å². The quantitative estimate of drug-likeness (QED) is 0.670. The molecule has 0 bridgehead atoms. The third-order valence-electron chi connectivity index (χ3n) is 5.43. The summed E-state index contributed by atoms with van der Waals surface area (Å²) in [5.74, 6) is 1.63. The molecule has 2 saturated heterocycles. The van der Waals surface area contributed by atoms with Crippen LogP contribution in [0, 0.1) is 11.8 Å². The minimum Gasteiger partial charge on any atom is -0.375 e. The van der Waals surface area contributed by atoms with Crippen molar-refractivity contribution in [1.29, 1.82) is 0 Å². The molecule has 0 radical (unpaired) electrons. The fraction of sp³-hybridized carbons (Fsp3) is 1.00. The van der Waals surface area contributed by atoms with Crippen LogP contribution in [-0.4, -0.2) is 61.3 Å². The monoisotopic (exact) mass is 324 g/mol. The van der Waals surface area contributed by atoms with Crippen LogP contribution in [0.3, 0.4) is 0 Å². The maximum absolute atomic E-state index is 6.43.